The number of aryl methyl sites for hydroxylation is 1. The van der Waals surface area contributed by atoms with E-state index in [0.717, 1.165) is 11.6 Å². The smallest absolute Gasteiger partial charge is 0.0453 e. The summed E-state index contributed by atoms with van der Waals surface area (Å²) in [5.41, 5.74) is 2.41. The van der Waals surface area contributed by atoms with Gasteiger partial charge in [-0.1, -0.05) is 49.9 Å². The van der Waals surface area contributed by atoms with Crippen molar-refractivity contribution in [3.05, 3.63) is 34.3 Å². The highest BCUT2D eigenvalue weighted by Crippen LogP contribution is 2.17. The highest BCUT2D eigenvalue weighted by molar-refractivity contribution is 6.31. The molecule has 0 saturated heterocycles. The minimum Gasteiger partial charge on any atom is -0.310 e. The molecule has 0 aromatic heterocycles. The number of nitrogens with one attached hydrogen (secondary N) is 1. The molecule has 17 heavy (non-hydrogen) atoms. The Balaban J connectivity index is 2.34. The Bertz CT molecular complexity index is 336. The van der Waals surface area contributed by atoms with Gasteiger partial charge in [-0.3, -0.25) is 0 Å². The van der Waals surface area contributed by atoms with Crippen molar-refractivity contribution < 1.29 is 0 Å². The molecule has 0 bridgehead atoms. The summed E-state index contributed by atoms with van der Waals surface area (Å²) in [5, 5.41) is 4.41. The monoisotopic (exact) mass is 253 g/mol. The molecular formula is C15H24ClN. The first kappa shape index (κ1) is 14.5. The zero-order valence-electron chi connectivity index (χ0n) is 11.2. The lowest BCUT2D eigenvalue weighted by molar-refractivity contribution is 0.487. The molecule has 1 nitrogen and oxygen atoms in total. The van der Waals surface area contributed by atoms with E-state index < -0.39 is 0 Å². The fraction of sp³-hybridized carbons (Fsp3) is 0.600. The lowest BCUT2D eigenvalue weighted by atomic mass is 10.1. The standard InChI is InChI=1S/C15H24ClN/c1-4-5-6-7-13(3)17-11-14-9-8-12(2)10-15(14)16/h8-10,13,17H,4-7,11H2,1-3H3. The Morgan fingerprint density at radius 1 is 1.29 bits per heavy atom. The average Bonchev–Trinajstić information content (AvgIpc) is 2.28. The second-order valence-electron chi connectivity index (χ2n) is 4.87. The molecule has 2 heteroatoms. The van der Waals surface area contributed by atoms with Gasteiger partial charge >= 0.3 is 0 Å². The van der Waals surface area contributed by atoms with Gasteiger partial charge < -0.3 is 5.32 Å². The normalized spacial score (nSPS) is 12.7. The number of hydrogen-bond donors (Lipinski definition) is 1. The first-order valence-corrected chi connectivity index (χ1v) is 6.99. The molecule has 0 saturated carbocycles. The highest BCUT2D eigenvalue weighted by Gasteiger charge is 2.04. The SMILES string of the molecule is CCCCCC(C)NCc1ccc(C)cc1Cl. The van der Waals surface area contributed by atoms with Crippen LogP contribution in [0.15, 0.2) is 18.2 Å². The molecule has 0 fully saturated rings. The van der Waals surface area contributed by atoms with Gasteiger partial charge in [-0.05, 0) is 37.5 Å². The van der Waals surface area contributed by atoms with Crippen LogP contribution in [0.3, 0.4) is 0 Å². The van der Waals surface area contributed by atoms with Gasteiger partial charge in [0.05, 0.1) is 0 Å². The summed E-state index contributed by atoms with van der Waals surface area (Å²) in [4.78, 5) is 0. The van der Waals surface area contributed by atoms with Crippen molar-refractivity contribution in [3.63, 3.8) is 0 Å². The molecule has 1 aromatic rings. The molecule has 0 aliphatic carbocycles. The Labute approximate surface area is 111 Å². The van der Waals surface area contributed by atoms with Crippen molar-refractivity contribution in [2.45, 2.75) is 59.0 Å². The summed E-state index contributed by atoms with van der Waals surface area (Å²) >= 11 is 6.20. The van der Waals surface area contributed by atoms with Crippen LogP contribution in [0.5, 0.6) is 0 Å². The molecule has 1 aromatic carbocycles. The maximum atomic E-state index is 6.20. The lowest BCUT2D eigenvalue weighted by Crippen LogP contribution is -2.25. The molecule has 1 atom stereocenters. The van der Waals surface area contributed by atoms with E-state index in [9.17, 15) is 0 Å². The number of hydrogen-bond acceptors (Lipinski definition) is 1. The topological polar surface area (TPSA) is 12.0 Å². The van der Waals surface area contributed by atoms with Gasteiger partial charge in [-0.25, -0.2) is 0 Å². The largest absolute Gasteiger partial charge is 0.310 e. The zero-order valence-corrected chi connectivity index (χ0v) is 12.0. The number of halogens is 1. The molecule has 96 valence electrons. The van der Waals surface area contributed by atoms with Crippen molar-refractivity contribution in [1.82, 2.24) is 5.32 Å². The molecule has 0 aliphatic heterocycles. The predicted octanol–water partition coefficient (Wildman–Crippen LogP) is 4.71. The maximum Gasteiger partial charge on any atom is 0.0453 e. The van der Waals surface area contributed by atoms with E-state index in [0.29, 0.717) is 6.04 Å². The van der Waals surface area contributed by atoms with Crippen molar-refractivity contribution in [1.29, 1.82) is 0 Å². The van der Waals surface area contributed by atoms with Crippen LogP contribution in [0.4, 0.5) is 0 Å². The third-order valence-electron chi connectivity index (χ3n) is 3.09. The summed E-state index contributed by atoms with van der Waals surface area (Å²) < 4.78 is 0. The summed E-state index contributed by atoms with van der Waals surface area (Å²) in [5.74, 6) is 0. The van der Waals surface area contributed by atoms with Crippen LogP contribution in [-0.4, -0.2) is 6.04 Å². The Morgan fingerprint density at radius 2 is 2.06 bits per heavy atom. The lowest BCUT2D eigenvalue weighted by Gasteiger charge is -2.14. The summed E-state index contributed by atoms with van der Waals surface area (Å²) in [7, 11) is 0. The van der Waals surface area contributed by atoms with Crippen LogP contribution in [0.2, 0.25) is 5.02 Å². The molecule has 0 spiro atoms. The Kier molecular flexibility index (Phi) is 6.61. The number of benzene rings is 1. The van der Waals surface area contributed by atoms with E-state index >= 15 is 0 Å². The van der Waals surface area contributed by atoms with Crippen LogP contribution in [0, 0.1) is 6.92 Å². The Morgan fingerprint density at radius 3 is 2.71 bits per heavy atom. The van der Waals surface area contributed by atoms with Crippen molar-refractivity contribution in [2.75, 3.05) is 0 Å². The van der Waals surface area contributed by atoms with Crippen LogP contribution < -0.4 is 5.32 Å². The van der Waals surface area contributed by atoms with E-state index in [1.54, 1.807) is 0 Å². The van der Waals surface area contributed by atoms with E-state index in [4.69, 9.17) is 11.6 Å². The van der Waals surface area contributed by atoms with Gasteiger partial charge in [0.2, 0.25) is 0 Å². The van der Waals surface area contributed by atoms with Crippen molar-refractivity contribution in [2.24, 2.45) is 0 Å². The summed E-state index contributed by atoms with van der Waals surface area (Å²) in [6.07, 6.45) is 5.18. The number of unbranched alkanes of at least 4 members (excludes halogenated alkanes) is 2. The van der Waals surface area contributed by atoms with Crippen LogP contribution in [-0.2, 0) is 6.54 Å². The van der Waals surface area contributed by atoms with Gasteiger partial charge in [0, 0.05) is 17.6 Å². The zero-order chi connectivity index (χ0) is 12.7. The van der Waals surface area contributed by atoms with E-state index in [-0.39, 0.29) is 0 Å². The molecule has 0 amide bonds. The molecule has 1 unspecified atom stereocenters. The van der Waals surface area contributed by atoms with Gasteiger partial charge in [0.15, 0.2) is 0 Å². The predicted molar refractivity (Wildman–Crippen MR) is 76.6 cm³/mol. The number of rotatable bonds is 7. The maximum absolute atomic E-state index is 6.20. The minimum atomic E-state index is 0.568. The second kappa shape index (κ2) is 7.73. The van der Waals surface area contributed by atoms with Crippen molar-refractivity contribution >= 4 is 11.6 Å². The summed E-state index contributed by atoms with van der Waals surface area (Å²) in [6, 6.07) is 6.83. The molecule has 1 N–H and O–H groups in total. The molecule has 0 radical (unpaired) electrons. The van der Waals surface area contributed by atoms with Crippen molar-refractivity contribution in [3.8, 4) is 0 Å². The minimum absolute atomic E-state index is 0.568. The van der Waals surface area contributed by atoms with Crippen LogP contribution in [0.25, 0.3) is 0 Å². The van der Waals surface area contributed by atoms with Gasteiger partial charge in [0.1, 0.15) is 0 Å². The molecular weight excluding hydrogens is 230 g/mol. The molecule has 0 heterocycles. The third-order valence-corrected chi connectivity index (χ3v) is 3.44. The van der Waals surface area contributed by atoms with E-state index in [1.165, 1.54) is 36.8 Å². The quantitative estimate of drug-likeness (QED) is 0.694. The fourth-order valence-electron chi connectivity index (χ4n) is 1.88. The first-order valence-electron chi connectivity index (χ1n) is 6.62. The van der Waals surface area contributed by atoms with E-state index in [2.05, 4.69) is 38.2 Å². The van der Waals surface area contributed by atoms with Crippen LogP contribution >= 0.6 is 11.6 Å². The fourth-order valence-corrected chi connectivity index (χ4v) is 2.18. The molecule has 0 aliphatic rings. The second-order valence-corrected chi connectivity index (χ2v) is 5.28. The van der Waals surface area contributed by atoms with Gasteiger partial charge in [-0.2, -0.15) is 0 Å². The summed E-state index contributed by atoms with van der Waals surface area (Å²) in [6.45, 7) is 7.42. The van der Waals surface area contributed by atoms with Gasteiger partial charge in [-0.15, -0.1) is 0 Å². The van der Waals surface area contributed by atoms with Gasteiger partial charge in [0.25, 0.3) is 0 Å². The van der Waals surface area contributed by atoms with Crippen LogP contribution in [0.1, 0.15) is 50.7 Å². The average molecular weight is 254 g/mol. The first-order chi connectivity index (χ1) is 8.13. The highest BCUT2D eigenvalue weighted by atomic mass is 35.5. The van der Waals surface area contributed by atoms with E-state index in [1.807, 2.05) is 6.07 Å². The third kappa shape index (κ3) is 5.56. The molecule has 1 rings (SSSR count). The Hall–Kier alpha value is -0.530.